The molecule has 96 valence electrons. The van der Waals surface area contributed by atoms with Gasteiger partial charge in [0.2, 0.25) is 0 Å². The summed E-state index contributed by atoms with van der Waals surface area (Å²) in [6.45, 7) is -0.117. The third-order valence-electron chi connectivity index (χ3n) is 2.28. The normalized spacial score (nSPS) is 13.5. The Hall–Kier alpha value is -1.18. The van der Waals surface area contributed by atoms with E-state index in [-0.39, 0.29) is 17.9 Å². The number of hydrogen-bond donors (Lipinski definition) is 2. The molecule has 0 saturated heterocycles. The van der Waals surface area contributed by atoms with E-state index in [4.69, 9.17) is 10.5 Å². The van der Waals surface area contributed by atoms with Crippen molar-refractivity contribution >= 4 is 9.84 Å². The van der Waals surface area contributed by atoms with Gasteiger partial charge in [-0.05, 0) is 6.07 Å². The van der Waals surface area contributed by atoms with Crippen molar-refractivity contribution in [2.45, 2.75) is 11.0 Å². The van der Waals surface area contributed by atoms with Crippen LogP contribution in [0.2, 0.25) is 0 Å². The molecule has 0 aliphatic rings. The molecule has 0 radical (unpaired) electrons. The van der Waals surface area contributed by atoms with Gasteiger partial charge in [-0.2, -0.15) is 0 Å². The summed E-state index contributed by atoms with van der Waals surface area (Å²) in [6.07, 6.45) is -0.211. The molecule has 1 aromatic rings. The maximum Gasteiger partial charge on any atom is 0.184 e. The molecule has 7 heteroatoms. The molecule has 0 aromatic heterocycles. The highest BCUT2D eigenvalue weighted by molar-refractivity contribution is 7.90. The van der Waals surface area contributed by atoms with Crippen LogP contribution >= 0.6 is 0 Å². The zero-order chi connectivity index (χ0) is 13.2. The van der Waals surface area contributed by atoms with Gasteiger partial charge in [0.1, 0.15) is 4.90 Å². The average molecular weight is 263 g/mol. The fourth-order valence-corrected chi connectivity index (χ4v) is 2.17. The topological polar surface area (TPSA) is 89.6 Å². The van der Waals surface area contributed by atoms with Crippen molar-refractivity contribution in [3.05, 3.63) is 23.5 Å². The zero-order valence-electron chi connectivity index (χ0n) is 9.47. The summed E-state index contributed by atoms with van der Waals surface area (Å²) in [4.78, 5) is -0.470. The highest BCUT2D eigenvalue weighted by Gasteiger charge is 2.23. The summed E-state index contributed by atoms with van der Waals surface area (Å²) in [6, 6.07) is 2.37. The molecule has 0 bridgehead atoms. The van der Waals surface area contributed by atoms with E-state index in [1.807, 2.05) is 0 Å². The minimum atomic E-state index is -3.68. The Kier molecular flexibility index (Phi) is 4.07. The van der Waals surface area contributed by atoms with Crippen LogP contribution in [0.5, 0.6) is 5.75 Å². The zero-order valence-corrected chi connectivity index (χ0v) is 10.3. The quantitative estimate of drug-likeness (QED) is 0.811. The molecule has 0 amide bonds. The van der Waals surface area contributed by atoms with Crippen LogP contribution in [0.4, 0.5) is 4.39 Å². The molecule has 0 aliphatic heterocycles. The lowest BCUT2D eigenvalue weighted by Gasteiger charge is -2.15. The van der Waals surface area contributed by atoms with Gasteiger partial charge < -0.3 is 15.6 Å². The molecule has 5 nitrogen and oxygen atoms in total. The first-order chi connectivity index (χ1) is 7.82. The highest BCUT2D eigenvalue weighted by Crippen LogP contribution is 2.31. The van der Waals surface area contributed by atoms with Crippen LogP contribution < -0.4 is 10.5 Å². The van der Waals surface area contributed by atoms with Gasteiger partial charge in [-0.3, -0.25) is 0 Å². The molecule has 1 aromatic carbocycles. The van der Waals surface area contributed by atoms with Crippen LogP contribution in [0.3, 0.4) is 0 Å². The van der Waals surface area contributed by atoms with E-state index in [0.29, 0.717) is 0 Å². The number of hydrogen-bond acceptors (Lipinski definition) is 5. The van der Waals surface area contributed by atoms with E-state index in [0.717, 1.165) is 12.3 Å². The van der Waals surface area contributed by atoms with Crippen LogP contribution in [0.15, 0.2) is 17.0 Å². The lowest BCUT2D eigenvalue weighted by molar-refractivity contribution is 0.180. The number of halogens is 1. The Morgan fingerprint density at radius 3 is 2.53 bits per heavy atom. The average Bonchev–Trinajstić information content (AvgIpc) is 2.25. The van der Waals surface area contributed by atoms with Crippen molar-refractivity contribution < 1.29 is 22.7 Å². The van der Waals surface area contributed by atoms with E-state index in [1.54, 1.807) is 0 Å². The van der Waals surface area contributed by atoms with Crippen molar-refractivity contribution in [3.8, 4) is 5.75 Å². The standard InChI is InChI=1S/C10H14FNO4S/c1-16-10-6(7(13)5-12)3-4-8(9(10)11)17(2,14)15/h3-4,7,13H,5,12H2,1-2H3. The predicted molar refractivity (Wildman–Crippen MR) is 60.1 cm³/mol. The van der Waals surface area contributed by atoms with Gasteiger partial charge in [-0.15, -0.1) is 0 Å². The first-order valence-corrected chi connectivity index (χ1v) is 6.66. The minimum Gasteiger partial charge on any atom is -0.493 e. The minimum absolute atomic E-state index is 0.117. The number of nitrogens with two attached hydrogens (primary N) is 1. The van der Waals surface area contributed by atoms with Gasteiger partial charge >= 0.3 is 0 Å². The lowest BCUT2D eigenvalue weighted by Crippen LogP contribution is -2.14. The molecular weight excluding hydrogens is 249 g/mol. The third-order valence-corrected chi connectivity index (χ3v) is 3.39. The van der Waals surface area contributed by atoms with Gasteiger partial charge in [0.05, 0.1) is 13.2 Å². The van der Waals surface area contributed by atoms with Gasteiger partial charge in [-0.1, -0.05) is 6.07 Å². The Morgan fingerprint density at radius 1 is 1.53 bits per heavy atom. The molecule has 17 heavy (non-hydrogen) atoms. The Labute approximate surface area is 98.9 Å². The van der Waals surface area contributed by atoms with E-state index in [9.17, 15) is 17.9 Å². The molecular formula is C10H14FNO4S. The van der Waals surface area contributed by atoms with E-state index in [1.165, 1.54) is 13.2 Å². The highest BCUT2D eigenvalue weighted by atomic mass is 32.2. The second kappa shape index (κ2) is 4.99. The summed E-state index contributed by atoms with van der Waals surface area (Å²) in [5.41, 5.74) is 5.38. The fourth-order valence-electron chi connectivity index (χ4n) is 1.44. The molecule has 1 rings (SSSR count). The van der Waals surface area contributed by atoms with Crippen LogP contribution in [0, 0.1) is 5.82 Å². The van der Waals surface area contributed by atoms with Crippen LogP contribution in [0.25, 0.3) is 0 Å². The van der Waals surface area contributed by atoms with Crippen LogP contribution in [-0.2, 0) is 9.84 Å². The molecule has 3 N–H and O–H groups in total. The lowest BCUT2D eigenvalue weighted by atomic mass is 10.1. The van der Waals surface area contributed by atoms with Crippen molar-refractivity contribution in [1.82, 2.24) is 0 Å². The van der Waals surface area contributed by atoms with E-state index in [2.05, 4.69) is 0 Å². The van der Waals surface area contributed by atoms with Gasteiger partial charge in [0.25, 0.3) is 0 Å². The maximum atomic E-state index is 13.9. The Bertz CT molecular complexity index is 515. The van der Waals surface area contributed by atoms with Crippen molar-refractivity contribution in [2.24, 2.45) is 5.73 Å². The van der Waals surface area contributed by atoms with Gasteiger partial charge in [0, 0.05) is 18.4 Å². The number of aliphatic hydroxyl groups is 1. The van der Waals surface area contributed by atoms with Crippen LogP contribution in [0.1, 0.15) is 11.7 Å². The smallest absolute Gasteiger partial charge is 0.184 e. The maximum absolute atomic E-state index is 13.9. The number of sulfone groups is 1. The van der Waals surface area contributed by atoms with Gasteiger partial charge in [-0.25, -0.2) is 12.8 Å². The number of ether oxygens (including phenoxy) is 1. The summed E-state index contributed by atoms with van der Waals surface area (Å²) < 4.78 is 41.2. The second-order valence-electron chi connectivity index (χ2n) is 3.52. The van der Waals surface area contributed by atoms with Gasteiger partial charge in [0.15, 0.2) is 21.4 Å². The largest absolute Gasteiger partial charge is 0.493 e. The first-order valence-electron chi connectivity index (χ1n) is 4.77. The van der Waals surface area contributed by atoms with E-state index >= 15 is 0 Å². The number of aliphatic hydroxyl groups excluding tert-OH is 1. The third kappa shape index (κ3) is 2.74. The van der Waals surface area contributed by atoms with Crippen molar-refractivity contribution in [3.63, 3.8) is 0 Å². The Balaban J connectivity index is 3.48. The molecule has 0 heterocycles. The van der Waals surface area contributed by atoms with Crippen molar-refractivity contribution in [1.29, 1.82) is 0 Å². The molecule has 0 aliphatic carbocycles. The molecule has 1 unspecified atom stereocenters. The monoisotopic (exact) mass is 263 g/mol. The molecule has 0 saturated carbocycles. The number of methoxy groups -OCH3 is 1. The summed E-state index contributed by atoms with van der Waals surface area (Å²) in [5.74, 6) is -1.31. The fraction of sp³-hybridized carbons (Fsp3) is 0.400. The summed E-state index contributed by atoms with van der Waals surface area (Å²) in [7, 11) is -2.49. The Morgan fingerprint density at radius 2 is 2.12 bits per heavy atom. The predicted octanol–water partition coefficient (Wildman–Crippen LogP) is 0.230. The summed E-state index contributed by atoms with van der Waals surface area (Å²) in [5, 5.41) is 9.54. The van der Waals surface area contributed by atoms with Crippen molar-refractivity contribution in [2.75, 3.05) is 19.9 Å². The summed E-state index contributed by atoms with van der Waals surface area (Å²) >= 11 is 0. The first kappa shape index (κ1) is 13.9. The van der Waals surface area contributed by atoms with E-state index < -0.39 is 26.7 Å². The molecule has 0 fully saturated rings. The number of rotatable bonds is 4. The number of benzene rings is 1. The SMILES string of the molecule is COc1c(C(O)CN)ccc(S(C)(=O)=O)c1F. The second-order valence-corrected chi connectivity index (χ2v) is 5.51. The molecule has 0 spiro atoms. The van der Waals surface area contributed by atoms with Crippen LogP contribution in [-0.4, -0.2) is 33.4 Å². The molecule has 1 atom stereocenters.